The lowest BCUT2D eigenvalue weighted by Crippen LogP contribution is -2.55. The van der Waals surface area contributed by atoms with Crippen LogP contribution >= 0.6 is 0 Å². The van der Waals surface area contributed by atoms with Gasteiger partial charge in [0.2, 0.25) is 11.9 Å². The molecule has 30 heavy (non-hydrogen) atoms. The maximum atomic E-state index is 13.0. The Bertz CT molecular complexity index is 952. The molecule has 1 aromatic carbocycles. The maximum absolute atomic E-state index is 13.0. The number of carboxylic acid groups (broad SMARTS) is 1. The number of benzene rings is 1. The monoisotopic (exact) mass is 415 g/mol. The van der Waals surface area contributed by atoms with Gasteiger partial charge < -0.3 is 20.3 Å². The average Bonchev–Trinajstić information content (AvgIpc) is 3.23. The molecule has 9 heteroatoms. The number of fused-ring (bicyclic) bond motifs is 3. The van der Waals surface area contributed by atoms with E-state index in [9.17, 15) is 19.5 Å². The number of hydrogen-bond donors (Lipinski definition) is 3. The summed E-state index contributed by atoms with van der Waals surface area (Å²) in [7, 11) is 0. The first kappa shape index (κ1) is 21.6. The van der Waals surface area contributed by atoms with Crippen LogP contribution in [-0.2, 0) is 16.1 Å². The van der Waals surface area contributed by atoms with Crippen molar-refractivity contribution in [3.05, 3.63) is 24.3 Å². The van der Waals surface area contributed by atoms with Crippen LogP contribution in [0.5, 0.6) is 0 Å². The number of aliphatic carboxylic acids is 1. The summed E-state index contributed by atoms with van der Waals surface area (Å²) in [6.45, 7) is 8.42. The summed E-state index contributed by atoms with van der Waals surface area (Å²) < 4.78 is 1.98. The number of anilines is 1. The Kier molecular flexibility index (Phi) is 6.28. The van der Waals surface area contributed by atoms with E-state index in [0.717, 1.165) is 11.0 Å². The molecule has 0 saturated carbocycles. The van der Waals surface area contributed by atoms with Crippen LogP contribution in [0.1, 0.15) is 34.1 Å². The SMILES string of the molecule is CC(C)C[C@H](NC(=O)N1CCn2c1nc1ccccc12)C(=O)N[C@@H](C(=O)O)C(C)C. The molecule has 3 N–H and O–H groups in total. The number of hydrogen-bond acceptors (Lipinski definition) is 4. The van der Waals surface area contributed by atoms with E-state index in [0.29, 0.717) is 25.5 Å². The number of para-hydroxylation sites is 2. The molecule has 3 amide bonds. The molecule has 162 valence electrons. The summed E-state index contributed by atoms with van der Waals surface area (Å²) in [5, 5.41) is 14.7. The molecule has 2 aromatic rings. The number of nitrogens with one attached hydrogen (secondary N) is 2. The Hall–Kier alpha value is -3.10. The Balaban J connectivity index is 1.76. The van der Waals surface area contributed by atoms with E-state index >= 15 is 0 Å². The van der Waals surface area contributed by atoms with Gasteiger partial charge in [-0.05, 0) is 30.4 Å². The van der Waals surface area contributed by atoms with E-state index in [1.165, 1.54) is 4.90 Å². The number of nitrogens with zero attached hydrogens (tertiary/aromatic N) is 3. The maximum Gasteiger partial charge on any atom is 0.326 e. The van der Waals surface area contributed by atoms with Gasteiger partial charge in [-0.15, -0.1) is 0 Å². The summed E-state index contributed by atoms with van der Waals surface area (Å²) in [6, 6.07) is 5.41. The van der Waals surface area contributed by atoms with Crippen molar-refractivity contribution in [1.82, 2.24) is 20.2 Å². The van der Waals surface area contributed by atoms with Crippen LogP contribution < -0.4 is 15.5 Å². The van der Waals surface area contributed by atoms with Gasteiger partial charge in [0, 0.05) is 13.1 Å². The van der Waals surface area contributed by atoms with Gasteiger partial charge in [-0.2, -0.15) is 0 Å². The Morgan fingerprint density at radius 2 is 1.80 bits per heavy atom. The van der Waals surface area contributed by atoms with Crippen LogP contribution in [0, 0.1) is 11.8 Å². The van der Waals surface area contributed by atoms with E-state index in [2.05, 4.69) is 15.6 Å². The molecule has 0 radical (unpaired) electrons. The number of aromatic nitrogens is 2. The number of amides is 3. The fraction of sp³-hybridized carbons (Fsp3) is 0.524. The third-order valence-electron chi connectivity index (χ3n) is 5.22. The topological polar surface area (TPSA) is 117 Å². The number of urea groups is 1. The molecule has 2 heterocycles. The highest BCUT2D eigenvalue weighted by Gasteiger charge is 2.33. The lowest BCUT2D eigenvalue weighted by molar-refractivity contribution is -0.143. The highest BCUT2D eigenvalue weighted by molar-refractivity contribution is 5.97. The third kappa shape index (κ3) is 4.39. The van der Waals surface area contributed by atoms with Gasteiger partial charge in [0.1, 0.15) is 12.1 Å². The summed E-state index contributed by atoms with van der Waals surface area (Å²) >= 11 is 0. The van der Waals surface area contributed by atoms with Gasteiger partial charge in [0.15, 0.2) is 0 Å². The smallest absolute Gasteiger partial charge is 0.326 e. The van der Waals surface area contributed by atoms with E-state index in [1.54, 1.807) is 13.8 Å². The summed E-state index contributed by atoms with van der Waals surface area (Å²) in [5.74, 6) is -1.19. The number of rotatable bonds is 7. The second-order valence-electron chi connectivity index (χ2n) is 8.40. The predicted molar refractivity (Wildman–Crippen MR) is 113 cm³/mol. The molecule has 1 aromatic heterocycles. The van der Waals surface area contributed by atoms with Crippen LogP contribution in [0.15, 0.2) is 24.3 Å². The Labute approximate surface area is 175 Å². The summed E-state index contributed by atoms with van der Waals surface area (Å²) in [6.07, 6.45) is 0.395. The zero-order chi connectivity index (χ0) is 22.0. The lowest BCUT2D eigenvalue weighted by atomic mass is 10.0. The van der Waals surface area contributed by atoms with Crippen molar-refractivity contribution in [1.29, 1.82) is 0 Å². The number of carbonyl (C=O) groups is 3. The largest absolute Gasteiger partial charge is 0.480 e. The number of imidazole rings is 1. The minimum absolute atomic E-state index is 0.131. The molecule has 1 aliphatic rings. The Morgan fingerprint density at radius 1 is 1.10 bits per heavy atom. The molecule has 2 atom stereocenters. The minimum Gasteiger partial charge on any atom is -0.480 e. The quantitative estimate of drug-likeness (QED) is 0.641. The second-order valence-corrected chi connectivity index (χ2v) is 8.40. The molecule has 3 rings (SSSR count). The molecule has 0 aliphatic carbocycles. The van der Waals surface area contributed by atoms with Crippen molar-refractivity contribution in [2.24, 2.45) is 11.8 Å². The lowest BCUT2D eigenvalue weighted by Gasteiger charge is -2.25. The highest BCUT2D eigenvalue weighted by atomic mass is 16.4. The third-order valence-corrected chi connectivity index (χ3v) is 5.22. The second kappa shape index (κ2) is 8.73. The first-order valence-electron chi connectivity index (χ1n) is 10.3. The van der Waals surface area contributed by atoms with E-state index in [1.807, 2.05) is 42.7 Å². The molecule has 9 nitrogen and oxygen atoms in total. The van der Waals surface area contributed by atoms with Gasteiger partial charge in [0.25, 0.3) is 0 Å². The van der Waals surface area contributed by atoms with Crippen LogP contribution in [0.25, 0.3) is 11.0 Å². The fourth-order valence-electron chi connectivity index (χ4n) is 3.68. The standard InChI is InChI=1S/C21H29N5O4/c1-12(2)11-15(18(27)24-17(13(3)4)19(28)29)23-21(30)26-10-9-25-16-8-6-5-7-14(16)22-20(25)26/h5-8,12-13,15,17H,9-11H2,1-4H3,(H,23,30)(H,24,27)(H,28,29)/t15-,17+/m0/s1. The fourth-order valence-corrected chi connectivity index (χ4v) is 3.68. The molecule has 0 saturated heterocycles. The van der Waals surface area contributed by atoms with Gasteiger partial charge in [-0.25, -0.2) is 14.6 Å². The minimum atomic E-state index is -1.10. The van der Waals surface area contributed by atoms with Crippen molar-refractivity contribution in [2.45, 2.75) is 52.7 Å². The molecular formula is C21H29N5O4. The van der Waals surface area contributed by atoms with E-state index in [4.69, 9.17) is 0 Å². The molecule has 0 fully saturated rings. The number of carbonyl (C=O) groups excluding carboxylic acids is 2. The van der Waals surface area contributed by atoms with Crippen molar-refractivity contribution >= 4 is 34.9 Å². The molecule has 1 aliphatic heterocycles. The van der Waals surface area contributed by atoms with Gasteiger partial charge in [0.05, 0.1) is 11.0 Å². The van der Waals surface area contributed by atoms with Crippen molar-refractivity contribution < 1.29 is 19.5 Å². The van der Waals surface area contributed by atoms with Crippen LogP contribution in [-0.4, -0.2) is 51.2 Å². The van der Waals surface area contributed by atoms with Crippen molar-refractivity contribution in [2.75, 3.05) is 11.4 Å². The molecule has 0 unspecified atom stereocenters. The number of carboxylic acids is 1. The van der Waals surface area contributed by atoms with Crippen LogP contribution in [0.3, 0.4) is 0 Å². The van der Waals surface area contributed by atoms with E-state index in [-0.39, 0.29) is 11.8 Å². The average molecular weight is 415 g/mol. The van der Waals surface area contributed by atoms with Crippen molar-refractivity contribution in [3.8, 4) is 0 Å². The highest BCUT2D eigenvalue weighted by Crippen LogP contribution is 2.27. The van der Waals surface area contributed by atoms with E-state index < -0.39 is 30.0 Å². The summed E-state index contributed by atoms with van der Waals surface area (Å²) in [4.78, 5) is 43.3. The van der Waals surface area contributed by atoms with Gasteiger partial charge in [-0.1, -0.05) is 39.8 Å². The predicted octanol–water partition coefficient (Wildman–Crippen LogP) is 2.21. The Morgan fingerprint density at radius 3 is 2.43 bits per heavy atom. The zero-order valence-electron chi connectivity index (χ0n) is 17.8. The van der Waals surface area contributed by atoms with Crippen molar-refractivity contribution in [3.63, 3.8) is 0 Å². The van der Waals surface area contributed by atoms with Crippen LogP contribution in [0.2, 0.25) is 0 Å². The molecular weight excluding hydrogens is 386 g/mol. The van der Waals surface area contributed by atoms with Crippen LogP contribution in [0.4, 0.5) is 10.7 Å². The van der Waals surface area contributed by atoms with Gasteiger partial charge >= 0.3 is 12.0 Å². The van der Waals surface area contributed by atoms with Gasteiger partial charge in [-0.3, -0.25) is 9.69 Å². The molecule has 0 bridgehead atoms. The normalized spacial score (nSPS) is 15.3. The first-order valence-corrected chi connectivity index (χ1v) is 10.3. The summed E-state index contributed by atoms with van der Waals surface area (Å²) in [5.41, 5.74) is 1.77. The molecule has 0 spiro atoms. The first-order chi connectivity index (χ1) is 14.2. The zero-order valence-corrected chi connectivity index (χ0v) is 17.8.